The van der Waals surface area contributed by atoms with Crippen LogP contribution in [0.1, 0.15) is 27.8 Å². The zero-order valence-corrected chi connectivity index (χ0v) is 62.6. The first kappa shape index (κ1) is 63.9. The zero-order valence-electron chi connectivity index (χ0n) is 59.3. The van der Waals surface area contributed by atoms with Crippen molar-refractivity contribution in [2.45, 2.75) is 6.92 Å². The fourth-order valence-electron chi connectivity index (χ4n) is 17.2. The van der Waals surface area contributed by atoms with Gasteiger partial charge in [-0.15, -0.1) is 51.8 Å². The van der Waals surface area contributed by atoms with Crippen molar-refractivity contribution >= 4 is 200 Å². The Balaban J connectivity index is 0.761. The minimum atomic E-state index is 0.809. The summed E-state index contributed by atoms with van der Waals surface area (Å²) in [5.41, 5.74) is 28.4. The van der Waals surface area contributed by atoms with Crippen molar-refractivity contribution in [1.29, 1.82) is 0 Å². The molecule has 1 aliphatic rings. The molecule has 0 unspecified atom stereocenters. The number of benzene rings is 16. The van der Waals surface area contributed by atoms with Crippen LogP contribution < -0.4 is 9.80 Å². The van der Waals surface area contributed by atoms with E-state index in [-0.39, 0.29) is 0 Å². The molecule has 22 rings (SSSR count). The van der Waals surface area contributed by atoms with Gasteiger partial charge in [0.1, 0.15) is 16.9 Å². The molecule has 0 N–H and O–H groups in total. The summed E-state index contributed by atoms with van der Waals surface area (Å²) in [7, 11) is 0. The molecule has 0 saturated heterocycles. The number of terminal acetylenes is 1. The van der Waals surface area contributed by atoms with Gasteiger partial charge in [0.15, 0.2) is 0 Å². The summed E-state index contributed by atoms with van der Waals surface area (Å²) in [6.07, 6.45) is 11.0. The van der Waals surface area contributed by atoms with Crippen LogP contribution in [0.25, 0.3) is 188 Å². The Morgan fingerprint density at radius 1 is 0.391 bits per heavy atom. The Morgan fingerprint density at radius 2 is 0.964 bits per heavy atom. The summed E-state index contributed by atoms with van der Waals surface area (Å²) in [5, 5.41) is 16.2. The first-order valence-electron chi connectivity index (χ1n) is 37.0. The van der Waals surface area contributed by atoms with Crippen LogP contribution in [0, 0.1) is 12.3 Å². The summed E-state index contributed by atoms with van der Waals surface area (Å²) in [4.78, 5) is 7.10. The molecule has 0 amide bonds. The highest BCUT2D eigenvalue weighted by Crippen LogP contribution is 2.56. The van der Waals surface area contributed by atoms with E-state index < -0.39 is 0 Å². The molecule has 512 valence electrons. The molecule has 0 atom stereocenters. The van der Waals surface area contributed by atoms with E-state index >= 15 is 0 Å². The van der Waals surface area contributed by atoms with Crippen molar-refractivity contribution in [3.8, 4) is 68.0 Å². The largest absolute Gasteiger partial charge is 0.455 e. The highest BCUT2D eigenvalue weighted by Gasteiger charge is 2.32. The second-order valence-electron chi connectivity index (χ2n) is 28.1. The molecule has 0 aliphatic heterocycles. The molecule has 0 fully saturated rings. The number of furan rings is 1. The third kappa shape index (κ3) is 10.0. The van der Waals surface area contributed by atoms with Crippen molar-refractivity contribution in [2.75, 3.05) is 9.80 Å². The lowest BCUT2D eigenvalue weighted by atomic mass is 9.86. The number of hydrogen-bond donors (Lipinski definition) is 0. The van der Waals surface area contributed by atoms with E-state index in [4.69, 9.17) is 10.8 Å². The van der Waals surface area contributed by atoms with E-state index in [1.165, 1.54) is 83.1 Å². The van der Waals surface area contributed by atoms with Gasteiger partial charge in [0.2, 0.25) is 0 Å². The van der Waals surface area contributed by atoms with E-state index in [0.29, 0.717) is 0 Å². The molecule has 5 aromatic heterocycles. The van der Waals surface area contributed by atoms with Gasteiger partial charge in [0.25, 0.3) is 0 Å². The molecule has 0 spiro atoms. The van der Waals surface area contributed by atoms with Crippen molar-refractivity contribution in [3.63, 3.8) is 0 Å². The average Bonchev–Trinajstić information content (AvgIpc) is 1.52. The third-order valence-corrected chi connectivity index (χ3v) is 27.0. The molecule has 0 bridgehead atoms. The number of rotatable bonds is 12. The van der Waals surface area contributed by atoms with Gasteiger partial charge in [-0.3, -0.25) is 0 Å². The molecule has 110 heavy (non-hydrogen) atoms. The molecule has 5 heterocycles. The quantitative estimate of drug-likeness (QED) is 0.0898. The molecule has 16 aromatic carbocycles. The van der Waals surface area contributed by atoms with Gasteiger partial charge in [0.05, 0.1) is 47.5 Å². The van der Waals surface area contributed by atoms with Crippen molar-refractivity contribution in [2.24, 2.45) is 0 Å². The summed E-state index contributed by atoms with van der Waals surface area (Å²) < 4.78 is 14.6. The molecule has 7 heteroatoms. The van der Waals surface area contributed by atoms with Crippen LogP contribution in [0.4, 0.5) is 22.7 Å². The first-order valence-corrected chi connectivity index (χ1v) is 40.3. The maximum atomic E-state index is 7.40. The lowest BCUT2D eigenvalue weighted by Crippen LogP contribution is -2.20. The van der Waals surface area contributed by atoms with Crippen LogP contribution in [0.3, 0.4) is 0 Å². The molecule has 21 aromatic rings. The SMILES string of the molecule is C#Cc1c(/C(=C\C)N(C2=C=C=Cc3c2sc2ccccc32)c2cc(-c3ccc4oc5c(-c6cccc7sc8c(N(c9ccc(-c%10cccc%11ccccc%10%11)cc9)c9cccc%10c9sc9ccccc9%10)cc(-c9ccccc9)cc8c67)cccc5c4c3)c(-c3cccc4ccccc34)c3ccccc23)sc2ccccc12. The second-order valence-corrected chi connectivity index (χ2v) is 32.3. The van der Waals surface area contributed by atoms with E-state index in [0.717, 1.165) is 142 Å². The van der Waals surface area contributed by atoms with Crippen molar-refractivity contribution < 1.29 is 4.42 Å². The van der Waals surface area contributed by atoms with Gasteiger partial charge in [-0.25, -0.2) is 0 Å². The minimum Gasteiger partial charge on any atom is -0.455 e. The van der Waals surface area contributed by atoms with Gasteiger partial charge in [0, 0.05) is 84.1 Å². The lowest BCUT2D eigenvalue weighted by molar-refractivity contribution is 0.670. The highest BCUT2D eigenvalue weighted by atomic mass is 32.1. The third-order valence-electron chi connectivity index (χ3n) is 22.2. The second kappa shape index (κ2) is 25.7. The summed E-state index contributed by atoms with van der Waals surface area (Å²) in [5.74, 6) is 3.19. The number of fused-ring (bicyclic) bond motifs is 16. The number of anilines is 4. The molecule has 3 nitrogen and oxygen atoms in total. The van der Waals surface area contributed by atoms with Gasteiger partial charge in [-0.1, -0.05) is 273 Å². The molecule has 1 aliphatic carbocycles. The van der Waals surface area contributed by atoms with Crippen LogP contribution in [0.15, 0.2) is 350 Å². The molecule has 0 saturated carbocycles. The average molecular weight is 1470 g/mol. The Kier molecular flexibility index (Phi) is 14.9. The van der Waals surface area contributed by atoms with Crippen LogP contribution in [-0.2, 0) is 0 Å². The zero-order chi connectivity index (χ0) is 72.7. The van der Waals surface area contributed by atoms with Crippen LogP contribution >= 0.6 is 45.3 Å². The number of nitrogens with zero attached hydrogens (tertiary/aromatic N) is 2. The minimum absolute atomic E-state index is 0.809. The monoisotopic (exact) mass is 1470 g/mol. The van der Waals surface area contributed by atoms with Crippen LogP contribution in [0.5, 0.6) is 0 Å². The van der Waals surface area contributed by atoms with E-state index in [9.17, 15) is 0 Å². The maximum absolute atomic E-state index is 7.40. The van der Waals surface area contributed by atoms with E-state index in [1.54, 1.807) is 22.7 Å². The van der Waals surface area contributed by atoms with Gasteiger partial charge in [-0.2, -0.15) is 0 Å². The summed E-state index contributed by atoms with van der Waals surface area (Å²) in [6.45, 7) is 2.14. The standard InChI is InChI=1S/C103H60N2OS4/c1-3-69-74-35-14-17-48-93(74)107-100(69)87(4-2)105(89-47-24-45-83-76-37-16-19-50-95(76)109-102(83)89)90-61-84(97(78-38-13-12-34-73(78)90)77-40-21-31-64-29-9-11-33-72(64)77)66-54-57-92-85(58-66)81-43-22-42-80(99(81)106-92)79-41-25-51-96-98(79)86-59-67(62-26-6-5-7-27-62)60-91(103(86)110-96)104(88-46-23-44-82-75-36-15-18-49-94(75)108-101(82)88)68-55-52-65(53-56-68)71-39-20-30-63-28-8-10-32-70(63)71/h1,4-23,25-46,48-61H,2H3/b87-4+. The fourth-order valence-corrected chi connectivity index (χ4v) is 22.1. The predicted molar refractivity (Wildman–Crippen MR) is 476 cm³/mol. The number of hydrogen-bond acceptors (Lipinski definition) is 7. The van der Waals surface area contributed by atoms with Crippen LogP contribution in [0.2, 0.25) is 0 Å². The summed E-state index contributed by atoms with van der Waals surface area (Å²) >= 11 is 7.25. The van der Waals surface area contributed by atoms with Gasteiger partial charge < -0.3 is 14.2 Å². The molecular formula is C103H60N2OS4. The predicted octanol–water partition coefficient (Wildman–Crippen LogP) is 30.7. The highest BCUT2D eigenvalue weighted by molar-refractivity contribution is 7.27. The normalized spacial score (nSPS) is 12.3. The number of thiophene rings is 4. The lowest BCUT2D eigenvalue weighted by Gasteiger charge is -2.31. The maximum Gasteiger partial charge on any atom is 0.143 e. The fraction of sp³-hybridized carbons (Fsp3) is 0.00971. The van der Waals surface area contributed by atoms with Crippen molar-refractivity contribution in [1.82, 2.24) is 0 Å². The van der Waals surface area contributed by atoms with E-state index in [2.05, 4.69) is 374 Å². The Labute approximate surface area is 650 Å². The first-order chi connectivity index (χ1) is 54.5. The van der Waals surface area contributed by atoms with Crippen LogP contribution in [-0.4, -0.2) is 0 Å². The molecule has 0 radical (unpaired) electrons. The smallest absolute Gasteiger partial charge is 0.143 e. The number of allylic oxidation sites excluding steroid dienone is 1. The topological polar surface area (TPSA) is 19.6 Å². The Morgan fingerprint density at radius 3 is 1.75 bits per heavy atom. The number of para-hydroxylation sites is 1. The Hall–Kier alpha value is -13.3. The Bertz CT molecular complexity index is 7650. The van der Waals surface area contributed by atoms with Gasteiger partial charge >= 0.3 is 0 Å². The van der Waals surface area contributed by atoms with Gasteiger partial charge in [-0.05, 0) is 169 Å². The summed E-state index contributed by atoms with van der Waals surface area (Å²) in [6, 6.07) is 120. The molecular weight excluding hydrogens is 1410 g/mol. The van der Waals surface area contributed by atoms with Crippen molar-refractivity contribution in [3.05, 3.63) is 366 Å². The van der Waals surface area contributed by atoms with E-state index in [1.807, 2.05) is 22.7 Å².